The van der Waals surface area contributed by atoms with Crippen LogP contribution in [0.25, 0.3) is 10.9 Å². The lowest BCUT2D eigenvalue weighted by Gasteiger charge is -2.33. The van der Waals surface area contributed by atoms with Gasteiger partial charge in [0, 0.05) is 40.1 Å². The summed E-state index contributed by atoms with van der Waals surface area (Å²) in [5, 5.41) is 13.0. The third kappa shape index (κ3) is 2.88. The number of fused-ring (bicyclic) bond motifs is 2. The molecule has 3 N–H and O–H groups in total. The fourth-order valence-corrected chi connectivity index (χ4v) is 4.70. The summed E-state index contributed by atoms with van der Waals surface area (Å²) in [5.41, 5.74) is 7.59. The molecule has 2 aromatic heterocycles. The quantitative estimate of drug-likeness (QED) is 0.671. The summed E-state index contributed by atoms with van der Waals surface area (Å²) >= 11 is 0. The van der Waals surface area contributed by atoms with Gasteiger partial charge in [0.05, 0.1) is 5.56 Å². The number of anilines is 2. The Balaban J connectivity index is 1.56. The Kier molecular flexibility index (Phi) is 4.17. The summed E-state index contributed by atoms with van der Waals surface area (Å²) in [5.74, 6) is 0.422. The van der Waals surface area contributed by atoms with E-state index in [2.05, 4.69) is 21.4 Å². The van der Waals surface area contributed by atoms with Crippen LogP contribution in [0.15, 0.2) is 54.5 Å². The van der Waals surface area contributed by atoms with Crippen molar-refractivity contribution in [2.24, 2.45) is 17.6 Å². The highest BCUT2D eigenvalue weighted by molar-refractivity contribution is 5.90. The predicted octanol–water partition coefficient (Wildman–Crippen LogP) is 4.47. The summed E-state index contributed by atoms with van der Waals surface area (Å²) < 4.78 is 29.2. The lowest BCUT2D eigenvalue weighted by molar-refractivity contribution is 0.296. The molecule has 5 nitrogen and oxygen atoms in total. The highest BCUT2D eigenvalue weighted by Crippen LogP contribution is 2.59. The number of hydrogen-bond acceptors (Lipinski definition) is 5. The second-order valence-electron chi connectivity index (χ2n) is 8.09. The zero-order chi connectivity index (χ0) is 20.9. The van der Waals surface area contributed by atoms with E-state index in [0.717, 1.165) is 18.2 Å². The first-order valence-electron chi connectivity index (χ1n) is 9.79. The van der Waals surface area contributed by atoms with Crippen molar-refractivity contribution in [1.29, 1.82) is 5.26 Å². The minimum Gasteiger partial charge on any atom is -0.402 e. The van der Waals surface area contributed by atoms with Crippen molar-refractivity contribution in [1.82, 2.24) is 9.97 Å². The fourth-order valence-electron chi connectivity index (χ4n) is 4.70. The first-order valence-corrected chi connectivity index (χ1v) is 9.79. The van der Waals surface area contributed by atoms with Crippen LogP contribution in [0.3, 0.4) is 0 Å². The van der Waals surface area contributed by atoms with Crippen LogP contribution in [-0.2, 0) is 5.41 Å². The second-order valence-corrected chi connectivity index (χ2v) is 8.09. The van der Waals surface area contributed by atoms with E-state index in [1.54, 1.807) is 36.5 Å². The molecule has 3 atom stereocenters. The molecular formula is C23H19F2N5. The summed E-state index contributed by atoms with van der Waals surface area (Å²) in [6.07, 6.45) is 6.41. The van der Waals surface area contributed by atoms with Gasteiger partial charge in [-0.1, -0.05) is 6.08 Å². The number of alkyl halides is 1. The maximum atomic E-state index is 14.9. The summed E-state index contributed by atoms with van der Waals surface area (Å²) in [6.45, 7) is -0.694. The second kappa shape index (κ2) is 6.77. The molecule has 0 spiro atoms. The predicted molar refractivity (Wildman–Crippen MR) is 110 cm³/mol. The Labute approximate surface area is 172 Å². The van der Waals surface area contributed by atoms with E-state index in [1.165, 1.54) is 12.3 Å². The Morgan fingerprint density at radius 3 is 2.93 bits per heavy atom. The smallest absolute Gasteiger partial charge is 0.156 e. The van der Waals surface area contributed by atoms with Crippen LogP contribution in [0.1, 0.15) is 24.0 Å². The third-order valence-electron chi connectivity index (χ3n) is 6.21. The molecule has 0 aliphatic heterocycles. The molecular weight excluding hydrogens is 384 g/mol. The number of hydrogen-bond donors (Lipinski definition) is 2. The van der Waals surface area contributed by atoms with Crippen molar-refractivity contribution in [2.75, 3.05) is 12.0 Å². The van der Waals surface area contributed by atoms with Crippen molar-refractivity contribution >= 4 is 22.4 Å². The largest absolute Gasteiger partial charge is 0.402 e. The molecule has 0 amide bonds. The van der Waals surface area contributed by atoms with Gasteiger partial charge in [-0.2, -0.15) is 5.26 Å². The number of pyridine rings is 2. The van der Waals surface area contributed by atoms with Gasteiger partial charge in [0.25, 0.3) is 0 Å². The third-order valence-corrected chi connectivity index (χ3v) is 6.21. The van der Waals surface area contributed by atoms with Gasteiger partial charge in [-0.05, 0) is 55.0 Å². The molecule has 1 saturated carbocycles. The molecule has 1 fully saturated rings. The maximum Gasteiger partial charge on any atom is 0.156 e. The number of rotatable bonds is 4. The van der Waals surface area contributed by atoms with Crippen molar-refractivity contribution in [3.63, 3.8) is 0 Å². The van der Waals surface area contributed by atoms with Crippen molar-refractivity contribution < 1.29 is 8.78 Å². The highest BCUT2D eigenvalue weighted by Gasteiger charge is 2.56. The van der Waals surface area contributed by atoms with E-state index >= 15 is 0 Å². The first kappa shape index (κ1) is 18.5. The molecule has 0 saturated heterocycles. The molecule has 2 aliphatic carbocycles. The zero-order valence-corrected chi connectivity index (χ0v) is 16.1. The number of nitriles is 1. The molecule has 0 unspecified atom stereocenters. The van der Waals surface area contributed by atoms with Gasteiger partial charge in [0.15, 0.2) is 5.82 Å². The van der Waals surface area contributed by atoms with Crippen LogP contribution < -0.4 is 11.1 Å². The number of nitrogens with one attached hydrogen (secondary N) is 1. The number of nitrogens with zero attached hydrogens (tertiary/aromatic N) is 3. The number of allylic oxidation sites excluding steroid dienone is 2. The van der Waals surface area contributed by atoms with Gasteiger partial charge >= 0.3 is 0 Å². The van der Waals surface area contributed by atoms with Crippen LogP contribution in [0.4, 0.5) is 20.3 Å². The van der Waals surface area contributed by atoms with Gasteiger partial charge in [0.2, 0.25) is 0 Å². The molecule has 0 radical (unpaired) electrons. The van der Waals surface area contributed by atoms with Gasteiger partial charge in [0.1, 0.15) is 24.1 Å². The Bertz CT molecular complexity index is 1230. The molecule has 2 aliphatic rings. The van der Waals surface area contributed by atoms with Gasteiger partial charge in [-0.25, -0.2) is 13.8 Å². The molecule has 5 rings (SSSR count). The van der Waals surface area contributed by atoms with Gasteiger partial charge in [-0.3, -0.25) is 4.98 Å². The van der Waals surface area contributed by atoms with Crippen LogP contribution in [0.2, 0.25) is 0 Å². The van der Waals surface area contributed by atoms with Crippen molar-refractivity contribution in [2.45, 2.75) is 18.3 Å². The van der Waals surface area contributed by atoms with E-state index in [4.69, 9.17) is 11.0 Å². The zero-order valence-electron chi connectivity index (χ0n) is 16.1. The van der Waals surface area contributed by atoms with Crippen LogP contribution in [0, 0.1) is 29.0 Å². The summed E-state index contributed by atoms with van der Waals surface area (Å²) in [7, 11) is 0. The molecule has 150 valence electrons. The molecule has 7 heteroatoms. The van der Waals surface area contributed by atoms with E-state index in [1.807, 2.05) is 0 Å². The SMILES string of the molecule is N#Cc1cnc2c(Nc3ccc(F)c([C@@]4(CF)C=C(N)C[C@@H]5C[C@@H]54)c3)nccc2c1. The molecule has 2 heterocycles. The monoisotopic (exact) mass is 403 g/mol. The van der Waals surface area contributed by atoms with E-state index in [0.29, 0.717) is 39.8 Å². The molecule has 30 heavy (non-hydrogen) atoms. The minimum absolute atomic E-state index is 0.0706. The number of benzene rings is 1. The maximum absolute atomic E-state index is 14.9. The number of nitrogens with two attached hydrogens (primary N) is 1. The average molecular weight is 403 g/mol. The minimum atomic E-state index is -1.03. The van der Waals surface area contributed by atoms with E-state index < -0.39 is 17.9 Å². The van der Waals surface area contributed by atoms with E-state index in [-0.39, 0.29) is 5.92 Å². The fraction of sp³-hybridized carbons (Fsp3) is 0.261. The number of halogens is 2. The topological polar surface area (TPSA) is 87.6 Å². The summed E-state index contributed by atoms with van der Waals surface area (Å²) in [6, 6.07) is 10.1. The Morgan fingerprint density at radius 2 is 2.13 bits per heavy atom. The molecule has 0 bridgehead atoms. The van der Waals surface area contributed by atoms with Crippen molar-refractivity contribution in [3.8, 4) is 6.07 Å². The Hall–Kier alpha value is -3.53. The normalized spacial score (nSPS) is 24.6. The standard InChI is InChI=1S/C23H19F2N5/c24-12-23(9-16(27)6-15-7-18(15)23)19-8-17(1-2-20(19)25)30-22-21-14(3-4-28-22)5-13(10-26)11-29-21/h1-5,8-9,11,15,18H,6-7,12,27H2,(H,28,30)/t15-,18+,23-/m1/s1. The van der Waals surface area contributed by atoms with Gasteiger partial charge in [-0.15, -0.1) is 0 Å². The lowest BCUT2D eigenvalue weighted by atomic mass is 9.72. The van der Waals surface area contributed by atoms with Crippen molar-refractivity contribution in [3.05, 3.63) is 71.4 Å². The molecule has 3 aromatic rings. The van der Waals surface area contributed by atoms with E-state index in [9.17, 15) is 8.78 Å². The highest BCUT2D eigenvalue weighted by atomic mass is 19.1. The lowest BCUT2D eigenvalue weighted by Crippen LogP contribution is -2.35. The molecule has 1 aromatic carbocycles. The van der Waals surface area contributed by atoms with Crippen LogP contribution in [0.5, 0.6) is 0 Å². The van der Waals surface area contributed by atoms with Gasteiger partial charge < -0.3 is 11.1 Å². The first-order chi connectivity index (χ1) is 14.5. The van der Waals surface area contributed by atoms with Crippen LogP contribution in [-0.4, -0.2) is 16.6 Å². The van der Waals surface area contributed by atoms with Crippen LogP contribution >= 0.6 is 0 Å². The summed E-state index contributed by atoms with van der Waals surface area (Å²) in [4.78, 5) is 8.67. The Morgan fingerprint density at radius 1 is 1.27 bits per heavy atom. The number of aromatic nitrogens is 2. The average Bonchev–Trinajstić information content (AvgIpc) is 3.54.